The van der Waals surface area contributed by atoms with Gasteiger partial charge in [0, 0.05) is 11.6 Å². The van der Waals surface area contributed by atoms with E-state index in [0.29, 0.717) is 29.5 Å². The van der Waals surface area contributed by atoms with Crippen LogP contribution in [0.4, 0.5) is 4.79 Å². The first-order chi connectivity index (χ1) is 12.8. The molecule has 0 aliphatic heterocycles. The van der Waals surface area contributed by atoms with Gasteiger partial charge in [0.1, 0.15) is 5.56 Å². The number of nitrogens with one attached hydrogen (secondary N) is 2. The molecule has 1 aromatic carbocycles. The van der Waals surface area contributed by atoms with Gasteiger partial charge in [-0.05, 0) is 32.4 Å². The fraction of sp³-hybridized carbons (Fsp3) is 0.333. The van der Waals surface area contributed by atoms with Crippen molar-refractivity contribution in [1.29, 1.82) is 0 Å². The van der Waals surface area contributed by atoms with E-state index in [9.17, 15) is 14.4 Å². The Morgan fingerprint density at radius 3 is 2.59 bits per heavy atom. The normalized spacial score (nSPS) is 10.4. The molecule has 8 nitrogen and oxygen atoms in total. The molecular weight excluding hydrogens is 372 g/mol. The number of rotatable bonds is 6. The third kappa shape index (κ3) is 5.30. The number of carbonyl (C=O) groups is 3. The summed E-state index contributed by atoms with van der Waals surface area (Å²) in [6.07, 6.45) is 0. The Balaban J connectivity index is 2.05. The van der Waals surface area contributed by atoms with Gasteiger partial charge in [-0.3, -0.25) is 14.8 Å². The highest BCUT2D eigenvalue weighted by Gasteiger charge is 2.21. The van der Waals surface area contributed by atoms with Crippen LogP contribution in [0.15, 0.2) is 24.3 Å². The molecule has 144 valence electrons. The summed E-state index contributed by atoms with van der Waals surface area (Å²) in [7, 11) is 0. The molecule has 0 atom stereocenters. The van der Waals surface area contributed by atoms with Crippen LogP contribution in [0.5, 0.6) is 0 Å². The van der Waals surface area contributed by atoms with Crippen LogP contribution in [0.3, 0.4) is 0 Å². The minimum atomic E-state index is -0.715. The summed E-state index contributed by atoms with van der Waals surface area (Å²) in [4.78, 5) is 35.3. The summed E-state index contributed by atoms with van der Waals surface area (Å²) < 4.78 is 6.66. The van der Waals surface area contributed by atoms with Crippen LogP contribution in [0.2, 0.25) is 5.02 Å². The zero-order valence-electron chi connectivity index (χ0n) is 15.3. The van der Waals surface area contributed by atoms with Gasteiger partial charge in [0.05, 0.1) is 17.9 Å². The SMILES string of the molecule is CCNC(=O)NC(=O)COC(=O)c1c(C)nn(Cc2ccccc2Cl)c1C. The number of imide groups is 1. The summed E-state index contributed by atoms with van der Waals surface area (Å²) in [5.74, 6) is -1.39. The Morgan fingerprint density at radius 1 is 1.22 bits per heavy atom. The first-order valence-electron chi connectivity index (χ1n) is 8.35. The van der Waals surface area contributed by atoms with Gasteiger partial charge in [-0.15, -0.1) is 0 Å². The fourth-order valence-corrected chi connectivity index (χ4v) is 2.70. The van der Waals surface area contributed by atoms with Gasteiger partial charge in [-0.1, -0.05) is 29.8 Å². The average molecular weight is 393 g/mol. The molecule has 0 aliphatic rings. The van der Waals surface area contributed by atoms with Crippen molar-refractivity contribution in [3.05, 3.63) is 51.8 Å². The molecule has 9 heteroatoms. The number of halogens is 1. The summed E-state index contributed by atoms with van der Waals surface area (Å²) in [5, 5.41) is 9.44. The fourth-order valence-electron chi connectivity index (χ4n) is 2.50. The molecule has 0 saturated carbocycles. The zero-order chi connectivity index (χ0) is 20.0. The lowest BCUT2D eigenvalue weighted by atomic mass is 10.2. The Labute approximate surface area is 161 Å². The molecule has 0 unspecified atom stereocenters. The van der Waals surface area contributed by atoms with E-state index in [1.165, 1.54) is 0 Å². The van der Waals surface area contributed by atoms with E-state index in [-0.39, 0.29) is 5.56 Å². The molecule has 0 spiro atoms. The third-order valence-corrected chi connectivity index (χ3v) is 4.16. The predicted octanol–water partition coefficient (Wildman–Crippen LogP) is 2.20. The minimum Gasteiger partial charge on any atom is -0.452 e. The van der Waals surface area contributed by atoms with Crippen LogP contribution in [0, 0.1) is 13.8 Å². The number of ether oxygens (including phenoxy) is 1. The van der Waals surface area contributed by atoms with Gasteiger partial charge < -0.3 is 10.1 Å². The van der Waals surface area contributed by atoms with E-state index in [1.54, 1.807) is 31.5 Å². The highest BCUT2D eigenvalue weighted by Crippen LogP contribution is 2.20. The molecule has 0 saturated heterocycles. The van der Waals surface area contributed by atoms with Crippen molar-refractivity contribution in [3.8, 4) is 0 Å². The van der Waals surface area contributed by atoms with Gasteiger partial charge in [0.15, 0.2) is 6.61 Å². The van der Waals surface area contributed by atoms with Gasteiger partial charge in [-0.2, -0.15) is 5.10 Å². The number of esters is 1. The van der Waals surface area contributed by atoms with Gasteiger partial charge in [0.2, 0.25) is 0 Å². The highest BCUT2D eigenvalue weighted by molar-refractivity contribution is 6.31. The average Bonchev–Trinajstić information content (AvgIpc) is 2.88. The maximum absolute atomic E-state index is 12.4. The molecule has 3 amide bonds. The van der Waals surface area contributed by atoms with Crippen molar-refractivity contribution in [1.82, 2.24) is 20.4 Å². The summed E-state index contributed by atoms with van der Waals surface area (Å²) in [6.45, 7) is 5.35. The van der Waals surface area contributed by atoms with Gasteiger partial charge in [0.25, 0.3) is 5.91 Å². The Bertz CT molecular complexity index is 863. The number of hydrogen-bond donors (Lipinski definition) is 2. The Hall–Kier alpha value is -2.87. The lowest BCUT2D eigenvalue weighted by Gasteiger charge is -2.08. The van der Waals surface area contributed by atoms with Crippen molar-refractivity contribution < 1.29 is 19.1 Å². The van der Waals surface area contributed by atoms with Gasteiger partial charge >= 0.3 is 12.0 Å². The van der Waals surface area contributed by atoms with Crippen LogP contribution < -0.4 is 10.6 Å². The molecule has 1 aromatic heterocycles. The number of amides is 3. The summed E-state index contributed by atoms with van der Waals surface area (Å²) >= 11 is 6.17. The molecular formula is C18H21ClN4O4. The second kappa shape index (κ2) is 9.18. The van der Waals surface area contributed by atoms with Crippen LogP contribution in [0.25, 0.3) is 0 Å². The van der Waals surface area contributed by atoms with Crippen LogP contribution in [0.1, 0.15) is 34.2 Å². The Kier molecular flexibility index (Phi) is 6.95. The van der Waals surface area contributed by atoms with Gasteiger partial charge in [-0.25, -0.2) is 9.59 Å². The topological polar surface area (TPSA) is 102 Å². The van der Waals surface area contributed by atoms with Crippen molar-refractivity contribution in [3.63, 3.8) is 0 Å². The van der Waals surface area contributed by atoms with Crippen molar-refractivity contribution in [2.45, 2.75) is 27.3 Å². The molecule has 2 N–H and O–H groups in total. The maximum Gasteiger partial charge on any atom is 0.342 e. The molecule has 1 heterocycles. The van der Waals surface area contributed by atoms with Crippen molar-refractivity contribution >= 4 is 29.5 Å². The van der Waals surface area contributed by atoms with E-state index >= 15 is 0 Å². The molecule has 0 aliphatic carbocycles. The molecule has 27 heavy (non-hydrogen) atoms. The molecule has 0 radical (unpaired) electrons. The van der Waals surface area contributed by atoms with Crippen LogP contribution in [-0.2, 0) is 16.1 Å². The monoisotopic (exact) mass is 392 g/mol. The molecule has 0 bridgehead atoms. The lowest BCUT2D eigenvalue weighted by Crippen LogP contribution is -2.41. The minimum absolute atomic E-state index is 0.285. The number of hydrogen-bond acceptors (Lipinski definition) is 5. The van der Waals surface area contributed by atoms with E-state index < -0.39 is 24.5 Å². The van der Waals surface area contributed by atoms with Crippen LogP contribution >= 0.6 is 11.6 Å². The smallest absolute Gasteiger partial charge is 0.342 e. The number of carbonyl (C=O) groups excluding carboxylic acids is 3. The van der Waals surface area contributed by atoms with E-state index in [0.717, 1.165) is 5.56 Å². The number of benzene rings is 1. The highest BCUT2D eigenvalue weighted by atomic mass is 35.5. The molecule has 2 rings (SSSR count). The van der Waals surface area contributed by atoms with E-state index in [4.69, 9.17) is 16.3 Å². The summed E-state index contributed by atoms with van der Waals surface area (Å²) in [6, 6.07) is 6.73. The van der Waals surface area contributed by atoms with E-state index in [1.807, 2.05) is 18.2 Å². The largest absolute Gasteiger partial charge is 0.452 e. The lowest BCUT2D eigenvalue weighted by molar-refractivity contribution is -0.123. The standard InChI is InChI=1S/C18H21ClN4O4/c1-4-20-18(26)21-15(24)10-27-17(25)16-11(2)22-23(12(16)3)9-13-7-5-6-8-14(13)19/h5-8H,4,9-10H2,1-3H3,(H2,20,21,24,26). The first kappa shape index (κ1) is 20.4. The second-order valence-corrected chi connectivity index (χ2v) is 6.19. The zero-order valence-corrected chi connectivity index (χ0v) is 16.1. The number of urea groups is 1. The summed E-state index contributed by atoms with van der Waals surface area (Å²) in [5.41, 5.74) is 2.23. The molecule has 2 aromatic rings. The number of nitrogens with zero attached hydrogens (tertiary/aromatic N) is 2. The number of aromatic nitrogens is 2. The van der Waals surface area contributed by atoms with E-state index in [2.05, 4.69) is 15.7 Å². The Morgan fingerprint density at radius 2 is 1.93 bits per heavy atom. The number of aryl methyl sites for hydroxylation is 1. The second-order valence-electron chi connectivity index (χ2n) is 5.78. The first-order valence-corrected chi connectivity index (χ1v) is 8.73. The predicted molar refractivity (Wildman–Crippen MR) is 99.8 cm³/mol. The third-order valence-electron chi connectivity index (χ3n) is 3.79. The quantitative estimate of drug-likeness (QED) is 0.734. The van der Waals surface area contributed by atoms with Crippen LogP contribution in [-0.4, -0.2) is 40.8 Å². The molecule has 0 fully saturated rings. The maximum atomic E-state index is 12.4. The van der Waals surface area contributed by atoms with Crippen molar-refractivity contribution in [2.24, 2.45) is 0 Å². The van der Waals surface area contributed by atoms with Crippen molar-refractivity contribution in [2.75, 3.05) is 13.2 Å².